The number of rotatable bonds is 3. The van der Waals surface area contributed by atoms with Gasteiger partial charge < -0.3 is 5.21 Å². The molecule has 4 aliphatic carbocycles. The van der Waals surface area contributed by atoms with Crippen LogP contribution in [0.3, 0.4) is 0 Å². The maximum absolute atomic E-state index is 9.08. The van der Waals surface area contributed by atoms with Gasteiger partial charge in [0.05, 0.1) is 5.71 Å². The van der Waals surface area contributed by atoms with E-state index in [1.54, 1.807) is 5.57 Å². The normalized spacial score (nSPS) is 44.4. The topological polar surface area (TPSA) is 32.6 Å². The van der Waals surface area contributed by atoms with Crippen molar-refractivity contribution in [2.45, 2.75) is 77.6 Å². The standard InChI is InChI=1S/C21H33NO/c1-2-3-4-14-5-8-19-17(14)11-12-20-18-10-7-16(22-23)13-15(18)6-9-21(19)20/h13-14,17-21,23H,2-12H2,1H3/t14-,17-,18+,19-,20-,21+/m1/s1. The van der Waals surface area contributed by atoms with E-state index in [0.717, 1.165) is 47.6 Å². The van der Waals surface area contributed by atoms with Crippen molar-refractivity contribution in [2.24, 2.45) is 40.7 Å². The van der Waals surface area contributed by atoms with Crippen LogP contribution in [-0.2, 0) is 0 Å². The zero-order chi connectivity index (χ0) is 15.8. The van der Waals surface area contributed by atoms with Gasteiger partial charge in [-0.1, -0.05) is 36.9 Å². The van der Waals surface area contributed by atoms with Crippen LogP contribution in [-0.4, -0.2) is 10.9 Å². The van der Waals surface area contributed by atoms with Gasteiger partial charge in [0.25, 0.3) is 0 Å². The monoisotopic (exact) mass is 315 g/mol. The van der Waals surface area contributed by atoms with Crippen molar-refractivity contribution in [2.75, 3.05) is 0 Å². The van der Waals surface area contributed by atoms with Crippen molar-refractivity contribution in [1.29, 1.82) is 0 Å². The molecule has 0 spiro atoms. The summed E-state index contributed by atoms with van der Waals surface area (Å²) in [6.07, 6.45) is 17.5. The average molecular weight is 316 g/mol. The van der Waals surface area contributed by atoms with Crippen LogP contribution >= 0.6 is 0 Å². The molecule has 0 aromatic rings. The highest BCUT2D eigenvalue weighted by molar-refractivity contribution is 5.96. The second-order valence-corrected chi connectivity index (χ2v) is 8.71. The van der Waals surface area contributed by atoms with E-state index in [9.17, 15) is 0 Å². The van der Waals surface area contributed by atoms with E-state index >= 15 is 0 Å². The number of nitrogens with zero attached hydrogens (tertiary/aromatic N) is 1. The molecule has 2 heteroatoms. The SMILES string of the molecule is CCCC[C@@H]1CC[C@H]2[C@@H]3CCC4=CC(=NO)CC[C@@H]4[C@H]3CC[C@H]12. The lowest BCUT2D eigenvalue weighted by Gasteiger charge is -2.50. The molecule has 0 bridgehead atoms. The second-order valence-electron chi connectivity index (χ2n) is 8.71. The smallest absolute Gasteiger partial charge is 0.0795 e. The van der Waals surface area contributed by atoms with Crippen LogP contribution in [0.25, 0.3) is 0 Å². The highest BCUT2D eigenvalue weighted by Crippen LogP contribution is 2.58. The minimum atomic E-state index is 0.815. The van der Waals surface area contributed by atoms with Gasteiger partial charge in [0.2, 0.25) is 0 Å². The van der Waals surface area contributed by atoms with E-state index in [0.29, 0.717) is 0 Å². The van der Waals surface area contributed by atoms with Crippen molar-refractivity contribution >= 4 is 5.71 Å². The molecule has 0 radical (unpaired) electrons. The zero-order valence-corrected chi connectivity index (χ0v) is 14.7. The molecule has 0 aromatic carbocycles. The summed E-state index contributed by atoms with van der Waals surface area (Å²) in [5.74, 6) is 5.93. The molecular formula is C21H33NO. The molecule has 0 aromatic heterocycles. The summed E-state index contributed by atoms with van der Waals surface area (Å²) in [6, 6.07) is 0. The molecule has 0 heterocycles. The third kappa shape index (κ3) is 2.76. The summed E-state index contributed by atoms with van der Waals surface area (Å²) >= 11 is 0. The number of fused-ring (bicyclic) bond motifs is 5. The molecule has 3 saturated carbocycles. The number of hydrogen-bond donors (Lipinski definition) is 1. The van der Waals surface area contributed by atoms with Gasteiger partial charge in [-0.25, -0.2) is 0 Å². The fourth-order valence-electron chi connectivity index (χ4n) is 6.88. The molecule has 2 nitrogen and oxygen atoms in total. The lowest BCUT2D eigenvalue weighted by Crippen LogP contribution is -2.41. The van der Waals surface area contributed by atoms with Gasteiger partial charge in [0.1, 0.15) is 0 Å². The first-order valence-electron chi connectivity index (χ1n) is 10.2. The van der Waals surface area contributed by atoms with Crippen LogP contribution in [0.4, 0.5) is 0 Å². The minimum absolute atomic E-state index is 0.815. The van der Waals surface area contributed by atoms with Crippen molar-refractivity contribution in [1.82, 2.24) is 0 Å². The summed E-state index contributed by atoms with van der Waals surface area (Å²) in [4.78, 5) is 0. The first-order chi connectivity index (χ1) is 11.3. The van der Waals surface area contributed by atoms with Crippen LogP contribution < -0.4 is 0 Å². The average Bonchev–Trinajstić information content (AvgIpc) is 3.02. The van der Waals surface area contributed by atoms with Crippen LogP contribution in [0.5, 0.6) is 0 Å². The van der Waals surface area contributed by atoms with Gasteiger partial charge in [-0.3, -0.25) is 0 Å². The summed E-state index contributed by atoms with van der Waals surface area (Å²) in [5, 5.41) is 12.6. The second kappa shape index (κ2) is 6.61. The molecule has 0 saturated heterocycles. The molecule has 6 atom stereocenters. The molecule has 23 heavy (non-hydrogen) atoms. The Morgan fingerprint density at radius 2 is 1.74 bits per heavy atom. The maximum Gasteiger partial charge on any atom is 0.0795 e. The molecule has 0 amide bonds. The van der Waals surface area contributed by atoms with E-state index < -0.39 is 0 Å². The van der Waals surface area contributed by atoms with Crippen LogP contribution in [0.1, 0.15) is 77.6 Å². The van der Waals surface area contributed by atoms with Crippen molar-refractivity contribution in [3.63, 3.8) is 0 Å². The van der Waals surface area contributed by atoms with Gasteiger partial charge in [0.15, 0.2) is 0 Å². The van der Waals surface area contributed by atoms with E-state index in [1.807, 2.05) is 0 Å². The lowest BCUT2D eigenvalue weighted by molar-refractivity contribution is 0.0384. The summed E-state index contributed by atoms with van der Waals surface area (Å²) in [5.41, 5.74) is 2.54. The first kappa shape index (κ1) is 15.7. The van der Waals surface area contributed by atoms with Gasteiger partial charge in [-0.2, -0.15) is 0 Å². The highest BCUT2D eigenvalue weighted by Gasteiger charge is 2.49. The van der Waals surface area contributed by atoms with Gasteiger partial charge in [-0.15, -0.1) is 0 Å². The first-order valence-corrected chi connectivity index (χ1v) is 10.2. The molecule has 4 rings (SSSR count). The lowest BCUT2D eigenvalue weighted by atomic mass is 9.55. The Labute approximate surface area is 141 Å². The quantitative estimate of drug-likeness (QED) is 0.517. The Morgan fingerprint density at radius 1 is 0.957 bits per heavy atom. The zero-order valence-electron chi connectivity index (χ0n) is 14.7. The van der Waals surface area contributed by atoms with Crippen molar-refractivity contribution < 1.29 is 5.21 Å². The fraction of sp³-hybridized carbons (Fsp3) is 0.857. The fourth-order valence-corrected chi connectivity index (χ4v) is 6.88. The van der Waals surface area contributed by atoms with Crippen molar-refractivity contribution in [3.05, 3.63) is 11.6 Å². The predicted octanol–water partition coefficient (Wildman–Crippen LogP) is 5.81. The van der Waals surface area contributed by atoms with Crippen LogP contribution in [0, 0.1) is 35.5 Å². The van der Waals surface area contributed by atoms with Crippen LogP contribution in [0.15, 0.2) is 16.8 Å². The highest BCUT2D eigenvalue weighted by atomic mass is 16.4. The molecule has 0 unspecified atom stereocenters. The Morgan fingerprint density at radius 3 is 2.57 bits per heavy atom. The molecule has 0 aliphatic heterocycles. The third-order valence-corrected chi connectivity index (χ3v) is 7.84. The number of unbranched alkanes of at least 4 members (excludes halogenated alkanes) is 1. The van der Waals surface area contributed by atoms with Crippen molar-refractivity contribution in [3.8, 4) is 0 Å². The number of allylic oxidation sites excluding steroid dienone is 2. The van der Waals surface area contributed by atoms with Gasteiger partial charge in [0, 0.05) is 0 Å². The molecular weight excluding hydrogens is 282 g/mol. The summed E-state index contributed by atoms with van der Waals surface area (Å²) in [7, 11) is 0. The van der Waals surface area contributed by atoms with E-state index in [-0.39, 0.29) is 0 Å². The van der Waals surface area contributed by atoms with E-state index in [1.165, 1.54) is 64.2 Å². The van der Waals surface area contributed by atoms with Gasteiger partial charge in [-0.05, 0) is 93.0 Å². The number of hydrogen-bond acceptors (Lipinski definition) is 2. The van der Waals surface area contributed by atoms with Gasteiger partial charge >= 0.3 is 0 Å². The molecule has 1 N–H and O–H groups in total. The Hall–Kier alpha value is -0.790. The molecule has 4 aliphatic rings. The maximum atomic E-state index is 9.08. The Balaban J connectivity index is 1.48. The van der Waals surface area contributed by atoms with Crippen LogP contribution in [0.2, 0.25) is 0 Å². The largest absolute Gasteiger partial charge is 0.411 e. The van der Waals surface area contributed by atoms with E-state index in [4.69, 9.17) is 5.21 Å². The Bertz CT molecular complexity index is 494. The summed E-state index contributed by atoms with van der Waals surface area (Å²) < 4.78 is 0. The predicted molar refractivity (Wildman–Crippen MR) is 94.7 cm³/mol. The minimum Gasteiger partial charge on any atom is -0.411 e. The molecule has 128 valence electrons. The van der Waals surface area contributed by atoms with E-state index in [2.05, 4.69) is 18.2 Å². The Kier molecular flexibility index (Phi) is 4.52. The third-order valence-electron chi connectivity index (χ3n) is 7.84. The number of oxime groups is 1. The molecule has 3 fully saturated rings. The summed E-state index contributed by atoms with van der Waals surface area (Å²) in [6.45, 7) is 2.34.